The van der Waals surface area contributed by atoms with Crippen molar-refractivity contribution in [1.29, 1.82) is 0 Å². The second-order valence-electron chi connectivity index (χ2n) is 3.12. The Hall–Kier alpha value is -1.27. The molecule has 1 heterocycles. The Bertz CT molecular complexity index is 564. The maximum atomic E-state index is 12.1. The fraction of sp³-hybridized carbons (Fsp3) is 0. The smallest absolute Gasteiger partial charge is 0.223 e. The Kier molecular flexibility index (Phi) is 3.02. The van der Waals surface area contributed by atoms with Gasteiger partial charge in [0.2, 0.25) is 9.84 Å². The van der Waals surface area contributed by atoms with Crippen molar-refractivity contribution in [2.24, 2.45) is 0 Å². The summed E-state index contributed by atoms with van der Waals surface area (Å²) in [4.78, 5) is 0.248. The Balaban J connectivity index is 2.47. The summed E-state index contributed by atoms with van der Waals surface area (Å²) in [6.07, 6.45) is 4.74. The lowest BCUT2D eigenvalue weighted by Crippen LogP contribution is -2.32. The lowest BCUT2D eigenvalue weighted by atomic mass is 10.4. The molecular weight excluding hydrogens is 292 g/mol. The standard InChI is InChI=1S/C10H9BrN2O2S/c11-8-3-1-4-9(7-8)16(14,15)10-5-2-6-12-13-10/h1-7,12-13H. The van der Waals surface area contributed by atoms with E-state index in [1.807, 2.05) is 0 Å². The monoisotopic (exact) mass is 300 g/mol. The molecule has 1 aromatic carbocycles. The van der Waals surface area contributed by atoms with Crippen molar-refractivity contribution >= 4 is 25.8 Å². The molecule has 0 fully saturated rings. The van der Waals surface area contributed by atoms with E-state index in [9.17, 15) is 8.42 Å². The molecule has 0 atom stereocenters. The topological polar surface area (TPSA) is 58.2 Å². The summed E-state index contributed by atoms with van der Waals surface area (Å²) in [5.74, 6) is 0. The van der Waals surface area contributed by atoms with Crippen molar-refractivity contribution < 1.29 is 8.42 Å². The molecule has 2 rings (SSSR count). The number of hydrogen-bond acceptors (Lipinski definition) is 4. The first-order valence-electron chi connectivity index (χ1n) is 4.50. The second-order valence-corrected chi connectivity index (χ2v) is 5.95. The van der Waals surface area contributed by atoms with Crippen molar-refractivity contribution in [2.75, 3.05) is 0 Å². The summed E-state index contributed by atoms with van der Waals surface area (Å²) in [5.41, 5.74) is 5.23. The molecule has 0 bridgehead atoms. The van der Waals surface area contributed by atoms with Crippen LogP contribution in [0.3, 0.4) is 0 Å². The van der Waals surface area contributed by atoms with Crippen molar-refractivity contribution in [3.63, 3.8) is 0 Å². The Morgan fingerprint density at radius 1 is 1.25 bits per heavy atom. The molecule has 0 aliphatic carbocycles. The van der Waals surface area contributed by atoms with E-state index in [1.165, 1.54) is 6.08 Å². The predicted molar refractivity (Wildman–Crippen MR) is 64.8 cm³/mol. The Morgan fingerprint density at radius 3 is 2.69 bits per heavy atom. The van der Waals surface area contributed by atoms with E-state index < -0.39 is 9.84 Å². The highest BCUT2D eigenvalue weighted by molar-refractivity contribution is 9.10. The van der Waals surface area contributed by atoms with Crippen LogP contribution in [-0.2, 0) is 9.84 Å². The van der Waals surface area contributed by atoms with Crippen molar-refractivity contribution in [3.8, 4) is 0 Å². The molecular formula is C10H9BrN2O2S. The lowest BCUT2D eigenvalue weighted by molar-refractivity contribution is 0.593. The first-order valence-corrected chi connectivity index (χ1v) is 6.77. The molecule has 2 N–H and O–H groups in total. The zero-order valence-corrected chi connectivity index (χ0v) is 10.5. The summed E-state index contributed by atoms with van der Waals surface area (Å²) >= 11 is 3.24. The van der Waals surface area contributed by atoms with Gasteiger partial charge in [0, 0.05) is 10.7 Å². The molecule has 16 heavy (non-hydrogen) atoms. The number of halogens is 1. The fourth-order valence-electron chi connectivity index (χ4n) is 1.26. The fourth-order valence-corrected chi connectivity index (χ4v) is 3.05. The van der Waals surface area contributed by atoms with Crippen LogP contribution in [0.4, 0.5) is 0 Å². The van der Waals surface area contributed by atoms with E-state index in [-0.39, 0.29) is 9.92 Å². The quantitative estimate of drug-likeness (QED) is 0.873. The summed E-state index contributed by atoms with van der Waals surface area (Å²) < 4.78 is 25.0. The average Bonchev–Trinajstić information content (AvgIpc) is 2.30. The average molecular weight is 301 g/mol. The highest BCUT2D eigenvalue weighted by Crippen LogP contribution is 2.21. The highest BCUT2D eigenvalue weighted by atomic mass is 79.9. The van der Waals surface area contributed by atoms with Crippen LogP contribution in [0.5, 0.6) is 0 Å². The van der Waals surface area contributed by atoms with Crippen LogP contribution in [0.2, 0.25) is 0 Å². The molecule has 0 radical (unpaired) electrons. The SMILES string of the molecule is O=S(=O)(C1=CC=CNN1)c1cccc(Br)c1. The molecule has 4 nitrogen and oxygen atoms in total. The van der Waals surface area contributed by atoms with Gasteiger partial charge in [-0.3, -0.25) is 5.43 Å². The molecule has 0 saturated heterocycles. The van der Waals surface area contributed by atoms with Crippen LogP contribution in [0.15, 0.2) is 57.0 Å². The van der Waals surface area contributed by atoms with Gasteiger partial charge in [-0.05, 0) is 30.4 Å². The van der Waals surface area contributed by atoms with Gasteiger partial charge < -0.3 is 5.43 Å². The minimum absolute atomic E-state index is 0.133. The van der Waals surface area contributed by atoms with Crippen molar-refractivity contribution in [3.05, 3.63) is 52.1 Å². The lowest BCUT2D eigenvalue weighted by Gasteiger charge is -2.13. The van der Waals surface area contributed by atoms with Crippen LogP contribution in [0.1, 0.15) is 0 Å². The van der Waals surface area contributed by atoms with Crippen LogP contribution < -0.4 is 10.9 Å². The van der Waals surface area contributed by atoms with Gasteiger partial charge in [-0.25, -0.2) is 8.42 Å². The molecule has 1 aliphatic heterocycles. The normalized spacial score (nSPS) is 14.9. The number of rotatable bonds is 2. The first kappa shape index (κ1) is 11.2. The minimum Gasteiger partial charge on any atom is -0.308 e. The van der Waals surface area contributed by atoms with Gasteiger partial charge in [-0.15, -0.1) is 0 Å². The highest BCUT2D eigenvalue weighted by Gasteiger charge is 2.20. The van der Waals surface area contributed by atoms with Crippen molar-refractivity contribution in [2.45, 2.75) is 4.90 Å². The number of benzene rings is 1. The summed E-state index contributed by atoms with van der Waals surface area (Å²) in [6.45, 7) is 0. The molecule has 1 aliphatic rings. The van der Waals surface area contributed by atoms with E-state index in [4.69, 9.17) is 0 Å². The van der Waals surface area contributed by atoms with E-state index >= 15 is 0 Å². The van der Waals surface area contributed by atoms with Crippen LogP contribution in [0, 0.1) is 0 Å². The van der Waals surface area contributed by atoms with Gasteiger partial charge in [-0.1, -0.05) is 22.0 Å². The zero-order chi connectivity index (χ0) is 11.6. The minimum atomic E-state index is -3.48. The van der Waals surface area contributed by atoms with Crippen LogP contribution >= 0.6 is 15.9 Å². The Labute approximate surface area is 102 Å². The molecule has 0 aromatic heterocycles. The van der Waals surface area contributed by atoms with Crippen LogP contribution in [-0.4, -0.2) is 8.42 Å². The second kappa shape index (κ2) is 4.31. The molecule has 0 unspecified atom stereocenters. The van der Waals surface area contributed by atoms with Crippen molar-refractivity contribution in [1.82, 2.24) is 10.9 Å². The van der Waals surface area contributed by atoms with Gasteiger partial charge in [0.1, 0.15) is 0 Å². The maximum absolute atomic E-state index is 12.1. The largest absolute Gasteiger partial charge is 0.308 e. The zero-order valence-electron chi connectivity index (χ0n) is 8.14. The van der Waals surface area contributed by atoms with Crippen LogP contribution in [0.25, 0.3) is 0 Å². The Morgan fingerprint density at radius 2 is 2.06 bits per heavy atom. The van der Waals surface area contributed by atoms with E-state index in [1.54, 1.807) is 36.5 Å². The first-order chi connectivity index (χ1) is 7.60. The summed E-state index contributed by atoms with van der Waals surface area (Å²) in [6, 6.07) is 6.58. The third-order valence-electron chi connectivity index (χ3n) is 2.02. The van der Waals surface area contributed by atoms with E-state index in [2.05, 4.69) is 26.8 Å². The van der Waals surface area contributed by atoms with Gasteiger partial charge >= 0.3 is 0 Å². The third kappa shape index (κ3) is 2.12. The molecule has 0 amide bonds. The molecule has 1 aromatic rings. The van der Waals surface area contributed by atoms with Gasteiger partial charge in [0.15, 0.2) is 5.03 Å². The maximum Gasteiger partial charge on any atom is 0.223 e. The number of nitrogens with one attached hydrogen (secondary N) is 2. The predicted octanol–water partition coefficient (Wildman–Crippen LogP) is 1.69. The molecule has 0 spiro atoms. The number of sulfone groups is 1. The summed E-state index contributed by atoms with van der Waals surface area (Å²) in [5, 5.41) is 0.133. The van der Waals surface area contributed by atoms with E-state index in [0.29, 0.717) is 0 Å². The molecule has 6 heteroatoms. The number of hydrazine groups is 1. The van der Waals surface area contributed by atoms with E-state index in [0.717, 1.165) is 4.47 Å². The summed E-state index contributed by atoms with van der Waals surface area (Å²) in [7, 11) is -3.48. The molecule has 0 saturated carbocycles. The third-order valence-corrected chi connectivity index (χ3v) is 4.20. The van der Waals surface area contributed by atoms with Gasteiger partial charge in [0.05, 0.1) is 4.90 Å². The van der Waals surface area contributed by atoms with Gasteiger partial charge in [0.25, 0.3) is 0 Å². The number of allylic oxidation sites excluding steroid dienone is 2. The molecule has 84 valence electrons. The number of hydrogen-bond donors (Lipinski definition) is 2. The van der Waals surface area contributed by atoms with Gasteiger partial charge in [-0.2, -0.15) is 0 Å².